The Bertz CT molecular complexity index is 1270. The van der Waals surface area contributed by atoms with Gasteiger partial charge in [0.05, 0.1) is 29.3 Å². The molecule has 0 amide bonds. The normalized spacial score (nSPS) is 12.9. The van der Waals surface area contributed by atoms with Gasteiger partial charge in [-0.05, 0) is 45.9 Å². The maximum atomic E-state index is 15.3. The molecule has 9 heteroatoms. The van der Waals surface area contributed by atoms with Crippen LogP contribution in [0.25, 0.3) is 10.9 Å². The molecule has 3 rings (SSSR count). The Kier molecular flexibility index (Phi) is 7.58. The number of nitrogens with zero attached hydrogens (tertiary/aromatic N) is 2. The Morgan fingerprint density at radius 3 is 2.54 bits per heavy atom. The molecule has 2 N–H and O–H groups in total. The minimum Gasteiger partial charge on any atom is -0.490 e. The van der Waals surface area contributed by atoms with Crippen LogP contribution in [0.4, 0.5) is 19.0 Å². The zero-order valence-corrected chi connectivity index (χ0v) is 20.2. The lowest BCUT2D eigenvalue weighted by Gasteiger charge is -2.30. The largest absolute Gasteiger partial charge is 0.490 e. The summed E-state index contributed by atoms with van der Waals surface area (Å²) in [4.78, 5) is 8.86. The molecule has 6 nitrogen and oxygen atoms in total. The van der Waals surface area contributed by atoms with E-state index < -0.39 is 28.9 Å². The molecule has 0 unspecified atom stereocenters. The number of nitrogens with one attached hydrogen (secondary N) is 1. The summed E-state index contributed by atoms with van der Waals surface area (Å²) in [5.74, 6) is -1.11. The quantitative estimate of drug-likeness (QED) is 0.322. The lowest BCUT2D eigenvalue weighted by atomic mass is 9.91. The lowest BCUT2D eigenvalue weighted by Crippen LogP contribution is -2.41. The third-order valence-corrected chi connectivity index (χ3v) is 5.56. The van der Waals surface area contributed by atoms with Crippen molar-refractivity contribution < 1.29 is 27.8 Å². The first-order chi connectivity index (χ1) is 16.4. The summed E-state index contributed by atoms with van der Waals surface area (Å²) in [6, 6.07) is 6.32. The number of alkyl halides is 2. The molecule has 0 saturated heterocycles. The van der Waals surface area contributed by atoms with Crippen LogP contribution in [0.3, 0.4) is 0 Å². The molecule has 0 bridgehead atoms. The average Bonchev–Trinajstić information content (AvgIpc) is 2.78. The number of benzene rings is 2. The van der Waals surface area contributed by atoms with E-state index in [2.05, 4.69) is 21.2 Å². The Balaban J connectivity index is 2.04. The Morgan fingerprint density at radius 1 is 1.20 bits per heavy atom. The fraction of sp³-hybridized carbons (Fsp3) is 0.385. The molecule has 1 heterocycles. The summed E-state index contributed by atoms with van der Waals surface area (Å²) in [7, 11) is 1.55. The van der Waals surface area contributed by atoms with E-state index in [1.807, 2.05) is 0 Å². The lowest BCUT2D eigenvalue weighted by molar-refractivity contribution is -0.170. The fourth-order valence-electron chi connectivity index (χ4n) is 3.59. The topological polar surface area (TPSA) is 76.5 Å². The minimum atomic E-state index is -3.80. The number of aliphatic hydroxyl groups is 1. The van der Waals surface area contributed by atoms with Crippen molar-refractivity contribution in [1.82, 2.24) is 9.97 Å². The van der Waals surface area contributed by atoms with Crippen LogP contribution in [0.1, 0.15) is 49.3 Å². The molecule has 0 aliphatic rings. The Labute approximate surface area is 202 Å². The highest BCUT2D eigenvalue weighted by Crippen LogP contribution is 2.41. The maximum absolute atomic E-state index is 15.3. The van der Waals surface area contributed by atoms with Crippen LogP contribution in [0, 0.1) is 25.1 Å². The molecule has 0 fully saturated rings. The van der Waals surface area contributed by atoms with E-state index in [0.29, 0.717) is 40.5 Å². The molecular weight excluding hydrogens is 459 g/mol. The van der Waals surface area contributed by atoms with Crippen molar-refractivity contribution in [2.24, 2.45) is 0 Å². The number of fused-ring (bicyclic) bond motifs is 1. The van der Waals surface area contributed by atoms with Gasteiger partial charge in [-0.2, -0.15) is 8.78 Å². The van der Waals surface area contributed by atoms with Crippen LogP contribution in [0.5, 0.6) is 5.75 Å². The Hall–Kier alpha value is -3.35. The van der Waals surface area contributed by atoms with E-state index in [1.54, 1.807) is 33.1 Å². The number of rotatable bonds is 9. The van der Waals surface area contributed by atoms with Gasteiger partial charge in [-0.15, -0.1) is 6.42 Å². The summed E-state index contributed by atoms with van der Waals surface area (Å²) in [5, 5.41) is 13.6. The number of anilines is 1. The highest BCUT2D eigenvalue weighted by molar-refractivity contribution is 5.92. The van der Waals surface area contributed by atoms with Gasteiger partial charge in [-0.25, -0.2) is 14.4 Å². The highest BCUT2D eigenvalue weighted by Gasteiger charge is 2.49. The monoisotopic (exact) mass is 487 g/mol. The first-order valence-electron chi connectivity index (χ1n) is 11.0. The third-order valence-electron chi connectivity index (χ3n) is 5.56. The van der Waals surface area contributed by atoms with Gasteiger partial charge in [-0.1, -0.05) is 18.1 Å². The molecule has 2 aromatic carbocycles. The molecule has 0 aliphatic heterocycles. The second kappa shape index (κ2) is 10.1. The number of halogens is 3. The standard InChI is InChI=1S/C26H28F3N3O3/c1-7-17-13-21-19(14-22(17)35-12-11-34-6)24(32-16(3)31-21)30-15(2)18-9-8-10-20(23(18)27)26(28,29)25(4,5)33/h1,8-10,13-15,33H,11-12H2,2-6H3,(H,30,31,32)/t15-/m1/s1. The van der Waals surface area contributed by atoms with Crippen molar-refractivity contribution >= 4 is 16.7 Å². The second-order valence-corrected chi connectivity index (χ2v) is 8.68. The summed E-state index contributed by atoms with van der Waals surface area (Å²) in [5.41, 5.74) is -2.29. The Morgan fingerprint density at radius 2 is 1.91 bits per heavy atom. The van der Waals surface area contributed by atoms with Crippen LogP contribution in [-0.4, -0.2) is 41.0 Å². The summed E-state index contributed by atoms with van der Waals surface area (Å²) >= 11 is 0. The third kappa shape index (κ3) is 5.34. The second-order valence-electron chi connectivity index (χ2n) is 8.68. The van der Waals surface area contributed by atoms with Crippen LogP contribution in [0.15, 0.2) is 30.3 Å². The molecule has 0 aliphatic carbocycles. The summed E-state index contributed by atoms with van der Waals surface area (Å²) < 4.78 is 55.5. The van der Waals surface area contributed by atoms with Crippen molar-refractivity contribution in [3.63, 3.8) is 0 Å². The van der Waals surface area contributed by atoms with Gasteiger partial charge >= 0.3 is 5.92 Å². The molecule has 0 saturated carbocycles. The van der Waals surface area contributed by atoms with Gasteiger partial charge < -0.3 is 19.9 Å². The van der Waals surface area contributed by atoms with E-state index in [1.165, 1.54) is 12.1 Å². The first kappa shape index (κ1) is 26.3. The van der Waals surface area contributed by atoms with Crippen molar-refractivity contribution in [3.8, 4) is 18.1 Å². The van der Waals surface area contributed by atoms with Gasteiger partial charge in [0, 0.05) is 18.1 Å². The van der Waals surface area contributed by atoms with Crippen LogP contribution in [0.2, 0.25) is 0 Å². The number of methoxy groups -OCH3 is 1. The molecule has 1 atom stereocenters. The average molecular weight is 488 g/mol. The number of aryl methyl sites for hydroxylation is 1. The van der Waals surface area contributed by atoms with Gasteiger partial charge in [0.25, 0.3) is 0 Å². The number of hydrogen-bond donors (Lipinski definition) is 2. The molecule has 0 radical (unpaired) electrons. The van der Waals surface area contributed by atoms with E-state index in [4.69, 9.17) is 15.9 Å². The maximum Gasteiger partial charge on any atom is 0.303 e. The predicted molar refractivity (Wildman–Crippen MR) is 128 cm³/mol. The number of aromatic nitrogens is 2. The summed E-state index contributed by atoms with van der Waals surface area (Å²) in [6.45, 7) is 5.83. The van der Waals surface area contributed by atoms with E-state index in [-0.39, 0.29) is 12.2 Å². The van der Waals surface area contributed by atoms with Gasteiger partial charge in [0.2, 0.25) is 0 Å². The van der Waals surface area contributed by atoms with Crippen LogP contribution < -0.4 is 10.1 Å². The molecule has 3 aromatic rings. The molecule has 0 spiro atoms. The minimum absolute atomic E-state index is 0.00680. The van der Waals surface area contributed by atoms with E-state index in [0.717, 1.165) is 19.9 Å². The zero-order chi connectivity index (χ0) is 26.0. The predicted octanol–water partition coefficient (Wildman–Crippen LogP) is 5.12. The van der Waals surface area contributed by atoms with E-state index >= 15 is 4.39 Å². The van der Waals surface area contributed by atoms with Crippen molar-refractivity contribution in [2.75, 3.05) is 25.6 Å². The van der Waals surface area contributed by atoms with Crippen molar-refractivity contribution in [2.45, 2.75) is 45.3 Å². The highest BCUT2D eigenvalue weighted by atomic mass is 19.3. The van der Waals surface area contributed by atoms with Gasteiger partial charge in [0.15, 0.2) is 0 Å². The molecule has 186 valence electrons. The molecule has 35 heavy (non-hydrogen) atoms. The fourth-order valence-corrected chi connectivity index (χ4v) is 3.59. The summed E-state index contributed by atoms with van der Waals surface area (Å²) in [6.07, 6.45) is 5.63. The van der Waals surface area contributed by atoms with Gasteiger partial charge in [-0.3, -0.25) is 0 Å². The smallest absolute Gasteiger partial charge is 0.303 e. The number of ether oxygens (including phenoxy) is 2. The number of terminal acetylenes is 1. The van der Waals surface area contributed by atoms with Crippen molar-refractivity contribution in [1.29, 1.82) is 0 Å². The van der Waals surface area contributed by atoms with Crippen LogP contribution in [-0.2, 0) is 10.7 Å². The van der Waals surface area contributed by atoms with E-state index in [9.17, 15) is 13.9 Å². The zero-order valence-electron chi connectivity index (χ0n) is 20.2. The number of hydrogen-bond acceptors (Lipinski definition) is 6. The van der Waals surface area contributed by atoms with Crippen LogP contribution >= 0.6 is 0 Å². The molecular formula is C26H28F3N3O3. The van der Waals surface area contributed by atoms with Gasteiger partial charge in [0.1, 0.15) is 35.4 Å². The first-order valence-corrected chi connectivity index (χ1v) is 11.0. The van der Waals surface area contributed by atoms with Crippen molar-refractivity contribution in [3.05, 3.63) is 58.7 Å². The molecule has 1 aromatic heterocycles. The SMILES string of the molecule is C#Cc1cc2nc(C)nc(N[C@H](C)c3cccc(C(F)(F)C(C)(C)O)c3F)c2cc1OCCOC.